The van der Waals surface area contributed by atoms with Crippen molar-refractivity contribution < 1.29 is 0 Å². The summed E-state index contributed by atoms with van der Waals surface area (Å²) in [6, 6.07) is 10.6. The van der Waals surface area contributed by atoms with Gasteiger partial charge in [-0.3, -0.25) is 0 Å². The lowest BCUT2D eigenvalue weighted by atomic mass is 10.3. The molecule has 16 heavy (non-hydrogen) atoms. The summed E-state index contributed by atoms with van der Waals surface area (Å²) < 4.78 is 0. The highest BCUT2D eigenvalue weighted by Crippen LogP contribution is 2.16. The Morgan fingerprint density at radius 3 is 2.25 bits per heavy atom. The summed E-state index contributed by atoms with van der Waals surface area (Å²) in [6.07, 6.45) is 2.12. The third kappa shape index (κ3) is 3.53. The second-order valence-corrected chi connectivity index (χ2v) is 3.86. The van der Waals surface area contributed by atoms with Crippen molar-refractivity contribution in [2.45, 2.75) is 26.7 Å². The van der Waals surface area contributed by atoms with Gasteiger partial charge < -0.3 is 5.01 Å². The molecule has 1 rings (SSSR count). The Bertz CT molecular complexity index is 265. The van der Waals surface area contributed by atoms with Crippen LogP contribution in [0.4, 0.5) is 5.69 Å². The van der Waals surface area contributed by atoms with E-state index in [1.54, 1.807) is 0 Å². The Balaban J connectivity index is 2.77. The van der Waals surface area contributed by atoms with Gasteiger partial charge in [-0.25, -0.2) is 5.01 Å². The second kappa shape index (κ2) is 7.29. The average molecular weight is 219 g/mol. The third-order valence-electron chi connectivity index (χ3n) is 2.59. The smallest absolute Gasteiger partial charge is 0.0522 e. The van der Waals surface area contributed by atoms with Crippen molar-refractivity contribution in [3.63, 3.8) is 0 Å². The first-order valence-corrected chi connectivity index (χ1v) is 6.20. The van der Waals surface area contributed by atoms with Crippen molar-refractivity contribution in [2.24, 2.45) is 0 Å². The van der Waals surface area contributed by atoms with Gasteiger partial charge in [0.2, 0.25) is 0 Å². The minimum Gasteiger partial charge on any atom is -0.306 e. The average Bonchev–Trinajstić information content (AvgIpc) is 2.32. The lowest BCUT2D eigenvalue weighted by molar-refractivity contribution is 0.256. The number of para-hydroxylation sites is 1. The molecule has 89 valence electrons. The highest BCUT2D eigenvalue weighted by molar-refractivity contribution is 5.44. The molecule has 1 aromatic carbocycles. The first-order chi connectivity index (χ1) is 7.83. The van der Waals surface area contributed by atoms with Crippen LogP contribution in [0.3, 0.4) is 0 Å². The van der Waals surface area contributed by atoms with Crippen molar-refractivity contribution in [3.8, 4) is 0 Å². The quantitative estimate of drug-likeness (QED) is 0.649. The molecule has 0 aliphatic rings. The maximum atomic E-state index is 3.95. The standard InChI is InChI=1S/C14H23N2/c1-4-12-15(13-5-2)16(6-3)14-10-8-7-9-11-14/h7-11H,1,4-6,12-13H2,2-3H3. The van der Waals surface area contributed by atoms with Crippen molar-refractivity contribution in [2.75, 3.05) is 24.6 Å². The van der Waals surface area contributed by atoms with E-state index in [9.17, 15) is 0 Å². The van der Waals surface area contributed by atoms with Gasteiger partial charge >= 0.3 is 0 Å². The van der Waals surface area contributed by atoms with Crippen LogP contribution in [0.25, 0.3) is 0 Å². The number of hydrazine groups is 1. The number of rotatable bonds is 7. The van der Waals surface area contributed by atoms with Gasteiger partial charge in [-0.1, -0.05) is 32.0 Å². The Kier molecular flexibility index (Phi) is 5.94. The molecular weight excluding hydrogens is 196 g/mol. The van der Waals surface area contributed by atoms with E-state index >= 15 is 0 Å². The fourth-order valence-electron chi connectivity index (χ4n) is 1.94. The Hall–Kier alpha value is -1.02. The summed E-state index contributed by atoms with van der Waals surface area (Å²) in [7, 11) is 0. The van der Waals surface area contributed by atoms with E-state index in [2.05, 4.69) is 61.1 Å². The lowest BCUT2D eigenvalue weighted by Crippen LogP contribution is -2.43. The molecule has 0 aliphatic heterocycles. The van der Waals surface area contributed by atoms with Crippen molar-refractivity contribution >= 4 is 5.69 Å². The molecule has 0 saturated carbocycles. The molecule has 0 atom stereocenters. The number of benzene rings is 1. The van der Waals surface area contributed by atoms with Crippen LogP contribution >= 0.6 is 0 Å². The Morgan fingerprint density at radius 2 is 1.75 bits per heavy atom. The van der Waals surface area contributed by atoms with E-state index in [0.717, 1.165) is 26.1 Å². The third-order valence-corrected chi connectivity index (χ3v) is 2.59. The molecule has 0 fully saturated rings. The summed E-state index contributed by atoms with van der Waals surface area (Å²) >= 11 is 0. The molecular formula is C14H23N2. The van der Waals surface area contributed by atoms with Crippen LogP contribution in [0.1, 0.15) is 26.7 Å². The van der Waals surface area contributed by atoms with E-state index < -0.39 is 0 Å². The largest absolute Gasteiger partial charge is 0.306 e. The molecule has 0 heterocycles. The van der Waals surface area contributed by atoms with Gasteiger partial charge in [0.05, 0.1) is 5.69 Å². The summed E-state index contributed by atoms with van der Waals surface area (Å²) in [4.78, 5) is 0. The van der Waals surface area contributed by atoms with Crippen LogP contribution in [-0.4, -0.2) is 24.6 Å². The van der Waals surface area contributed by atoms with Crippen molar-refractivity contribution in [3.05, 3.63) is 37.3 Å². The minimum atomic E-state index is 0.948. The molecule has 0 N–H and O–H groups in total. The number of hydrogen-bond acceptors (Lipinski definition) is 2. The van der Waals surface area contributed by atoms with E-state index in [4.69, 9.17) is 0 Å². The van der Waals surface area contributed by atoms with E-state index in [-0.39, 0.29) is 0 Å². The summed E-state index contributed by atoms with van der Waals surface area (Å²) in [5, 5.41) is 4.73. The molecule has 1 radical (unpaired) electrons. The van der Waals surface area contributed by atoms with Crippen LogP contribution in [0, 0.1) is 6.92 Å². The zero-order valence-corrected chi connectivity index (χ0v) is 10.5. The SMILES string of the molecule is [CH2]CCN(CCC)N(CC)c1ccccc1. The topological polar surface area (TPSA) is 6.48 Å². The number of hydrogen-bond donors (Lipinski definition) is 0. The van der Waals surface area contributed by atoms with Gasteiger partial charge in [-0.05, 0) is 31.9 Å². The normalized spacial score (nSPS) is 10.8. The minimum absolute atomic E-state index is 0.948. The van der Waals surface area contributed by atoms with Crippen LogP contribution in [-0.2, 0) is 0 Å². The summed E-state index contributed by atoms with van der Waals surface area (Å²) in [5.74, 6) is 0. The molecule has 0 saturated heterocycles. The van der Waals surface area contributed by atoms with Gasteiger partial charge in [0.1, 0.15) is 0 Å². The monoisotopic (exact) mass is 219 g/mol. The maximum absolute atomic E-state index is 3.95. The molecule has 0 spiro atoms. The van der Waals surface area contributed by atoms with E-state index in [1.165, 1.54) is 12.1 Å². The highest BCUT2D eigenvalue weighted by atomic mass is 15.6. The highest BCUT2D eigenvalue weighted by Gasteiger charge is 2.12. The van der Waals surface area contributed by atoms with Crippen LogP contribution in [0.2, 0.25) is 0 Å². The van der Waals surface area contributed by atoms with Crippen LogP contribution < -0.4 is 5.01 Å². The Morgan fingerprint density at radius 1 is 1.06 bits per heavy atom. The van der Waals surface area contributed by atoms with Gasteiger partial charge in [-0.2, -0.15) is 0 Å². The Labute approximate surface area is 99.8 Å². The van der Waals surface area contributed by atoms with Crippen molar-refractivity contribution in [1.29, 1.82) is 0 Å². The van der Waals surface area contributed by atoms with Gasteiger partial charge in [0, 0.05) is 19.6 Å². The number of nitrogens with zero attached hydrogens (tertiary/aromatic N) is 2. The molecule has 0 bridgehead atoms. The molecule has 2 heteroatoms. The van der Waals surface area contributed by atoms with E-state index in [0.29, 0.717) is 0 Å². The lowest BCUT2D eigenvalue weighted by Gasteiger charge is -2.35. The molecule has 2 nitrogen and oxygen atoms in total. The molecule has 1 aromatic rings. The van der Waals surface area contributed by atoms with Crippen LogP contribution in [0.5, 0.6) is 0 Å². The van der Waals surface area contributed by atoms with Crippen molar-refractivity contribution in [1.82, 2.24) is 5.01 Å². The van der Waals surface area contributed by atoms with Gasteiger partial charge in [0.15, 0.2) is 0 Å². The second-order valence-electron chi connectivity index (χ2n) is 3.86. The van der Waals surface area contributed by atoms with E-state index in [1.807, 2.05) is 0 Å². The summed E-state index contributed by atoms with van der Waals surface area (Å²) in [6.45, 7) is 11.5. The fourth-order valence-corrected chi connectivity index (χ4v) is 1.94. The first kappa shape index (κ1) is 13.0. The molecule has 0 aromatic heterocycles. The zero-order chi connectivity index (χ0) is 11.8. The zero-order valence-electron chi connectivity index (χ0n) is 10.5. The number of anilines is 1. The molecule has 0 amide bonds. The van der Waals surface area contributed by atoms with Gasteiger partial charge in [0.25, 0.3) is 0 Å². The molecule has 0 unspecified atom stereocenters. The molecule has 0 aliphatic carbocycles. The predicted octanol–water partition coefficient (Wildman–Crippen LogP) is 3.36. The predicted molar refractivity (Wildman–Crippen MR) is 71.3 cm³/mol. The summed E-state index contributed by atoms with van der Waals surface area (Å²) in [5.41, 5.74) is 1.27. The fraction of sp³-hybridized carbons (Fsp3) is 0.500. The maximum Gasteiger partial charge on any atom is 0.0522 e. The van der Waals surface area contributed by atoms with Crippen LogP contribution in [0.15, 0.2) is 30.3 Å². The van der Waals surface area contributed by atoms with Gasteiger partial charge in [-0.15, -0.1) is 0 Å². The first-order valence-electron chi connectivity index (χ1n) is 6.20.